The molecule has 0 rings (SSSR count). The van der Waals surface area contributed by atoms with Crippen LogP contribution >= 0.6 is 11.6 Å². The fourth-order valence-electron chi connectivity index (χ4n) is 2.17. The van der Waals surface area contributed by atoms with Crippen molar-refractivity contribution in [3.8, 4) is 0 Å². The highest BCUT2D eigenvalue weighted by molar-refractivity contribution is 6.18. The monoisotopic (exact) mass is 352 g/mol. The standard InChI is InChI=1S/C21H33ClO2/c1-17(2)9-6-10-18(3)11-7-12-19(4)13-8-14-20(5)21(23)24-16-15-22/h9,11,13H,5-8,10,12,14-16H2,1-4H3/b18-11+,19-13+. The van der Waals surface area contributed by atoms with E-state index in [1.807, 2.05) is 0 Å². The molecule has 0 unspecified atom stereocenters. The van der Waals surface area contributed by atoms with E-state index < -0.39 is 0 Å². The highest BCUT2D eigenvalue weighted by atomic mass is 35.5. The zero-order valence-electron chi connectivity index (χ0n) is 15.8. The molecule has 0 N–H and O–H groups in total. The van der Waals surface area contributed by atoms with Crippen molar-refractivity contribution in [1.82, 2.24) is 0 Å². The fourth-order valence-corrected chi connectivity index (χ4v) is 2.24. The van der Waals surface area contributed by atoms with Crippen LogP contribution in [0.3, 0.4) is 0 Å². The molecule has 0 heterocycles. The van der Waals surface area contributed by atoms with Crippen LogP contribution in [0.4, 0.5) is 0 Å². The lowest BCUT2D eigenvalue weighted by Crippen LogP contribution is -2.08. The van der Waals surface area contributed by atoms with Crippen molar-refractivity contribution in [2.75, 3.05) is 12.5 Å². The van der Waals surface area contributed by atoms with Crippen LogP contribution in [-0.2, 0) is 9.53 Å². The Kier molecular flexibility index (Phi) is 13.3. The van der Waals surface area contributed by atoms with Crippen LogP contribution in [0.5, 0.6) is 0 Å². The predicted molar refractivity (Wildman–Crippen MR) is 105 cm³/mol. The SMILES string of the molecule is C=C(CC/C=C(\C)CC/C=C(\C)CCC=C(C)C)C(=O)OCCCl. The summed E-state index contributed by atoms with van der Waals surface area (Å²) in [6, 6.07) is 0. The first-order chi connectivity index (χ1) is 11.4. The molecule has 0 saturated heterocycles. The lowest BCUT2D eigenvalue weighted by atomic mass is 10.0. The van der Waals surface area contributed by atoms with Gasteiger partial charge in [-0.05, 0) is 66.2 Å². The smallest absolute Gasteiger partial charge is 0.333 e. The van der Waals surface area contributed by atoms with E-state index in [2.05, 4.69) is 52.5 Å². The summed E-state index contributed by atoms with van der Waals surface area (Å²) in [7, 11) is 0. The molecule has 24 heavy (non-hydrogen) atoms. The highest BCUT2D eigenvalue weighted by Gasteiger charge is 2.06. The molecule has 0 spiro atoms. The quantitative estimate of drug-likeness (QED) is 0.173. The molecule has 0 aromatic rings. The van der Waals surface area contributed by atoms with Crippen LogP contribution in [0, 0.1) is 0 Å². The Bertz CT molecular complexity index is 480. The van der Waals surface area contributed by atoms with E-state index in [9.17, 15) is 4.79 Å². The van der Waals surface area contributed by atoms with Gasteiger partial charge in [-0.15, -0.1) is 11.6 Å². The number of hydrogen-bond acceptors (Lipinski definition) is 2. The van der Waals surface area contributed by atoms with Crippen LogP contribution in [0.2, 0.25) is 0 Å². The van der Waals surface area contributed by atoms with Gasteiger partial charge in [0, 0.05) is 5.57 Å². The maximum Gasteiger partial charge on any atom is 0.333 e. The second-order valence-corrected chi connectivity index (χ2v) is 6.80. The van der Waals surface area contributed by atoms with E-state index >= 15 is 0 Å². The molecule has 0 radical (unpaired) electrons. The van der Waals surface area contributed by atoms with Gasteiger partial charge in [0.25, 0.3) is 0 Å². The summed E-state index contributed by atoms with van der Waals surface area (Å²) >= 11 is 5.48. The first kappa shape index (κ1) is 22.7. The van der Waals surface area contributed by atoms with Gasteiger partial charge in [-0.25, -0.2) is 4.79 Å². The van der Waals surface area contributed by atoms with Crippen LogP contribution in [0.25, 0.3) is 0 Å². The maximum atomic E-state index is 11.5. The Morgan fingerprint density at radius 3 is 1.92 bits per heavy atom. The Balaban J connectivity index is 4.00. The Labute approximate surface area is 153 Å². The minimum absolute atomic E-state index is 0.244. The van der Waals surface area contributed by atoms with Crippen LogP contribution in [0.1, 0.15) is 66.2 Å². The number of allylic oxidation sites excluding steroid dienone is 6. The van der Waals surface area contributed by atoms with E-state index in [0.717, 1.165) is 32.1 Å². The zero-order chi connectivity index (χ0) is 18.4. The molecule has 0 bridgehead atoms. The van der Waals surface area contributed by atoms with Gasteiger partial charge in [0.1, 0.15) is 6.61 Å². The molecule has 0 aromatic heterocycles. The fraction of sp³-hybridized carbons (Fsp3) is 0.571. The van der Waals surface area contributed by atoms with Crippen molar-refractivity contribution in [2.45, 2.75) is 66.2 Å². The molecule has 136 valence electrons. The van der Waals surface area contributed by atoms with Gasteiger partial charge in [-0.3, -0.25) is 0 Å². The van der Waals surface area contributed by atoms with Gasteiger partial charge in [-0.2, -0.15) is 0 Å². The van der Waals surface area contributed by atoms with E-state index in [0.29, 0.717) is 17.9 Å². The van der Waals surface area contributed by atoms with E-state index in [4.69, 9.17) is 16.3 Å². The van der Waals surface area contributed by atoms with E-state index in [1.54, 1.807) is 0 Å². The molecule has 0 amide bonds. The number of hydrogen-bond donors (Lipinski definition) is 0. The molecule has 3 heteroatoms. The van der Waals surface area contributed by atoms with Gasteiger partial charge >= 0.3 is 5.97 Å². The number of carbonyl (C=O) groups is 1. The largest absolute Gasteiger partial charge is 0.461 e. The summed E-state index contributed by atoms with van der Waals surface area (Å²) in [5.41, 5.74) is 4.70. The zero-order valence-corrected chi connectivity index (χ0v) is 16.5. The molecular formula is C21H33ClO2. The molecular weight excluding hydrogens is 320 g/mol. The van der Waals surface area contributed by atoms with Crippen molar-refractivity contribution in [2.24, 2.45) is 0 Å². The van der Waals surface area contributed by atoms with Crippen molar-refractivity contribution < 1.29 is 9.53 Å². The molecule has 0 aliphatic heterocycles. The van der Waals surface area contributed by atoms with Crippen LogP contribution < -0.4 is 0 Å². The maximum absolute atomic E-state index is 11.5. The van der Waals surface area contributed by atoms with Gasteiger partial charge in [-0.1, -0.05) is 41.5 Å². The van der Waals surface area contributed by atoms with Crippen molar-refractivity contribution >= 4 is 17.6 Å². The summed E-state index contributed by atoms with van der Waals surface area (Å²) < 4.78 is 4.95. The van der Waals surface area contributed by atoms with Crippen LogP contribution in [-0.4, -0.2) is 18.5 Å². The third-order valence-corrected chi connectivity index (χ3v) is 3.81. The molecule has 0 aromatic carbocycles. The summed E-state index contributed by atoms with van der Waals surface area (Å²) in [6.45, 7) is 12.6. The lowest BCUT2D eigenvalue weighted by molar-refractivity contribution is -0.138. The normalized spacial score (nSPS) is 12.0. The Hall–Kier alpha value is -1.28. The number of halogens is 1. The lowest BCUT2D eigenvalue weighted by Gasteiger charge is -2.05. The second kappa shape index (κ2) is 14.1. The van der Waals surface area contributed by atoms with Crippen molar-refractivity contribution in [3.63, 3.8) is 0 Å². The Morgan fingerprint density at radius 1 is 0.917 bits per heavy atom. The molecule has 2 nitrogen and oxygen atoms in total. The molecule has 0 fully saturated rings. The molecule has 0 aliphatic rings. The average molecular weight is 353 g/mol. The van der Waals surface area contributed by atoms with Crippen LogP contribution in [0.15, 0.2) is 47.1 Å². The van der Waals surface area contributed by atoms with E-state index in [-0.39, 0.29) is 12.6 Å². The predicted octanol–water partition coefficient (Wildman–Crippen LogP) is 6.52. The number of carbonyl (C=O) groups excluding carboxylic acids is 1. The number of esters is 1. The third-order valence-electron chi connectivity index (χ3n) is 3.66. The van der Waals surface area contributed by atoms with Gasteiger partial charge in [0.15, 0.2) is 0 Å². The first-order valence-corrected chi connectivity index (χ1v) is 9.25. The highest BCUT2D eigenvalue weighted by Crippen LogP contribution is 2.13. The van der Waals surface area contributed by atoms with Crippen molar-refractivity contribution in [3.05, 3.63) is 47.1 Å². The summed E-state index contributed by atoms with van der Waals surface area (Å²) in [6.07, 6.45) is 12.7. The molecule has 0 aliphatic carbocycles. The number of alkyl halides is 1. The van der Waals surface area contributed by atoms with Crippen molar-refractivity contribution in [1.29, 1.82) is 0 Å². The summed E-state index contributed by atoms with van der Waals surface area (Å²) in [4.78, 5) is 11.5. The minimum Gasteiger partial charge on any atom is -0.461 e. The second-order valence-electron chi connectivity index (χ2n) is 6.43. The summed E-state index contributed by atoms with van der Waals surface area (Å²) in [5.74, 6) is -0.0177. The molecule has 0 saturated carbocycles. The third kappa shape index (κ3) is 13.2. The van der Waals surface area contributed by atoms with Gasteiger partial charge in [0.2, 0.25) is 0 Å². The average Bonchev–Trinajstić information content (AvgIpc) is 2.52. The minimum atomic E-state index is -0.336. The van der Waals surface area contributed by atoms with E-state index in [1.165, 1.54) is 16.7 Å². The van der Waals surface area contributed by atoms with Gasteiger partial charge in [0.05, 0.1) is 5.88 Å². The number of ether oxygens (including phenoxy) is 1. The summed E-state index contributed by atoms with van der Waals surface area (Å²) in [5, 5.41) is 0. The van der Waals surface area contributed by atoms with Gasteiger partial charge < -0.3 is 4.74 Å². The topological polar surface area (TPSA) is 26.3 Å². The molecule has 0 atom stereocenters. The first-order valence-electron chi connectivity index (χ1n) is 8.72. The Morgan fingerprint density at radius 2 is 1.42 bits per heavy atom. The number of rotatable bonds is 12.